The normalized spacial score (nSPS) is 20.0. The Morgan fingerprint density at radius 3 is 1.69 bits per heavy atom. The van der Waals surface area contributed by atoms with Gasteiger partial charge in [-0.1, -0.05) is 145 Å². The van der Waals surface area contributed by atoms with E-state index in [1.807, 2.05) is 19.1 Å². The van der Waals surface area contributed by atoms with E-state index in [1.165, 1.54) is 51.4 Å². The van der Waals surface area contributed by atoms with Crippen LogP contribution in [0.5, 0.6) is 0 Å². The van der Waals surface area contributed by atoms with Crippen molar-refractivity contribution < 1.29 is 26.4 Å². The van der Waals surface area contributed by atoms with Crippen molar-refractivity contribution >= 4 is 35.0 Å². The monoisotopic (exact) mass is 842 g/mol. The van der Waals surface area contributed by atoms with Crippen molar-refractivity contribution in [3.63, 3.8) is 0 Å². The van der Waals surface area contributed by atoms with Crippen molar-refractivity contribution in [2.45, 2.75) is 237 Å². The van der Waals surface area contributed by atoms with Gasteiger partial charge in [0.25, 0.3) is 0 Å². The van der Waals surface area contributed by atoms with Crippen LogP contribution in [0.1, 0.15) is 146 Å². The summed E-state index contributed by atoms with van der Waals surface area (Å²) in [5.41, 5.74) is 1.02. The van der Waals surface area contributed by atoms with Crippen LogP contribution < -0.4 is 4.72 Å². The zero-order valence-electron chi connectivity index (χ0n) is 38.9. The van der Waals surface area contributed by atoms with Gasteiger partial charge in [-0.15, -0.1) is 0 Å². The summed E-state index contributed by atoms with van der Waals surface area (Å²) in [6.45, 7) is 40.9. The third-order valence-corrected chi connectivity index (χ3v) is 28.6. The molecule has 7 nitrogen and oxygen atoms in total. The van der Waals surface area contributed by atoms with Crippen LogP contribution in [0.25, 0.3) is 0 Å². The van der Waals surface area contributed by atoms with Crippen LogP contribution in [0.3, 0.4) is 0 Å². The number of ether oxygens (including phenoxy) is 1. The maximum Gasteiger partial charge on any atom is 0.240 e. The minimum atomic E-state index is -3.84. The zero-order valence-corrected chi connectivity index (χ0v) is 42.7. The maximum absolute atomic E-state index is 13.9. The van der Waals surface area contributed by atoms with Crippen molar-refractivity contribution in [2.24, 2.45) is 5.92 Å². The molecular formula is C44H87NO6SSi3. The highest BCUT2D eigenvalue weighted by Crippen LogP contribution is 2.43. The molecule has 55 heavy (non-hydrogen) atoms. The molecule has 0 saturated carbocycles. The molecule has 322 valence electrons. The van der Waals surface area contributed by atoms with Crippen LogP contribution in [0.4, 0.5) is 0 Å². The van der Waals surface area contributed by atoms with Gasteiger partial charge in [0.05, 0.1) is 29.8 Å². The number of benzene rings is 1. The Morgan fingerprint density at radius 1 is 0.727 bits per heavy atom. The fourth-order valence-electron chi connectivity index (χ4n) is 6.12. The molecular weight excluding hydrogens is 755 g/mol. The molecule has 1 aliphatic rings. The lowest BCUT2D eigenvalue weighted by Gasteiger charge is -2.42. The predicted molar refractivity (Wildman–Crippen MR) is 242 cm³/mol. The molecule has 1 heterocycles. The molecule has 0 spiro atoms. The number of epoxide rings is 1. The molecule has 0 aromatic heterocycles. The molecule has 1 aromatic carbocycles. The van der Waals surface area contributed by atoms with E-state index >= 15 is 0 Å². The summed E-state index contributed by atoms with van der Waals surface area (Å²) in [4.78, 5) is 0.254. The van der Waals surface area contributed by atoms with E-state index in [2.05, 4.69) is 120 Å². The second kappa shape index (κ2) is 20.3. The SMILES string of the molecule is CC[C@H](C)[C@@H](CCCCCCCCC[C@@H]1O[C@H]1[C@@H](O[Si](C)(C)C(C)(C)C)[C@H](CO[Si](C)(C)C(C)(C)C)NS(=O)(=O)c1ccc(C)cc1)O[Si](C)(C)C(C)(C)C. The minimum Gasteiger partial charge on any atom is -0.415 e. The van der Waals surface area contributed by atoms with Gasteiger partial charge in [0.2, 0.25) is 10.0 Å². The Hall–Kier alpha value is -0.379. The van der Waals surface area contributed by atoms with Crippen molar-refractivity contribution in [1.29, 1.82) is 0 Å². The standard InChI is InChI=1S/C44H87NO6SSi3/c1-19-35(3)38(50-54(15,16)43(7,8)9)27-25-23-21-20-22-24-26-28-39-41(49-39)40(51-55(17,18)44(10,11)12)37(33-48-53(13,14)42(4,5)6)45-52(46,47)36-31-29-34(2)30-32-36/h29-32,35,37-41,45H,19-28,33H2,1-18H3/t35-,37-,38+,39-,40-,41+/m0/s1. The van der Waals surface area contributed by atoms with Gasteiger partial charge in [-0.3, -0.25) is 0 Å². The highest BCUT2D eigenvalue weighted by molar-refractivity contribution is 7.89. The molecule has 0 amide bonds. The molecule has 0 unspecified atom stereocenters. The van der Waals surface area contributed by atoms with Gasteiger partial charge in [0.1, 0.15) is 6.10 Å². The van der Waals surface area contributed by atoms with Gasteiger partial charge < -0.3 is 18.0 Å². The molecule has 1 aliphatic heterocycles. The average Bonchev–Trinajstić information content (AvgIpc) is 3.81. The Balaban J connectivity index is 2.07. The Labute approximate surface area is 344 Å². The molecule has 1 N–H and O–H groups in total. The highest BCUT2D eigenvalue weighted by Gasteiger charge is 2.53. The summed E-state index contributed by atoms with van der Waals surface area (Å²) in [5, 5.41) is 0.170. The first-order chi connectivity index (χ1) is 25.0. The van der Waals surface area contributed by atoms with E-state index in [9.17, 15) is 8.42 Å². The van der Waals surface area contributed by atoms with Crippen molar-refractivity contribution in [1.82, 2.24) is 4.72 Å². The summed E-state index contributed by atoms with van der Waals surface area (Å²) >= 11 is 0. The number of nitrogens with one attached hydrogen (secondary N) is 1. The summed E-state index contributed by atoms with van der Waals surface area (Å²) in [7, 11) is -10.1. The molecule has 1 aromatic rings. The molecule has 0 radical (unpaired) electrons. The molecule has 0 bridgehead atoms. The van der Waals surface area contributed by atoms with E-state index in [-0.39, 0.29) is 38.8 Å². The Kier molecular flexibility index (Phi) is 18.7. The van der Waals surface area contributed by atoms with Crippen LogP contribution in [-0.4, -0.2) is 70.4 Å². The molecule has 1 saturated heterocycles. The smallest absolute Gasteiger partial charge is 0.240 e. The fourth-order valence-corrected chi connectivity index (χ4v) is 11.2. The zero-order chi connectivity index (χ0) is 42.3. The van der Waals surface area contributed by atoms with Gasteiger partial charge in [0, 0.05) is 6.10 Å². The second-order valence-electron chi connectivity index (χ2n) is 21.4. The van der Waals surface area contributed by atoms with Crippen molar-refractivity contribution in [2.75, 3.05) is 6.61 Å². The van der Waals surface area contributed by atoms with Crippen LogP contribution in [0, 0.1) is 12.8 Å². The average molecular weight is 843 g/mol. The van der Waals surface area contributed by atoms with Gasteiger partial charge >= 0.3 is 0 Å². The number of hydrogen-bond acceptors (Lipinski definition) is 6. The van der Waals surface area contributed by atoms with Gasteiger partial charge in [0.15, 0.2) is 25.0 Å². The van der Waals surface area contributed by atoms with Crippen molar-refractivity contribution in [3.8, 4) is 0 Å². The van der Waals surface area contributed by atoms with E-state index in [4.69, 9.17) is 18.0 Å². The minimum absolute atomic E-state index is 0.0169. The van der Waals surface area contributed by atoms with Crippen molar-refractivity contribution in [3.05, 3.63) is 29.8 Å². The molecule has 11 heteroatoms. The van der Waals surface area contributed by atoms with E-state index in [1.54, 1.807) is 12.1 Å². The summed E-state index contributed by atoms with van der Waals surface area (Å²) in [5.74, 6) is 0.600. The lowest BCUT2D eigenvalue weighted by Crippen LogP contribution is -2.57. The van der Waals surface area contributed by atoms with Gasteiger partial charge in [-0.2, -0.15) is 0 Å². The number of hydrogen-bond donors (Lipinski definition) is 1. The van der Waals surface area contributed by atoms with E-state index in [0.717, 1.165) is 18.4 Å². The summed E-state index contributed by atoms with van der Waals surface area (Å²) < 4.78 is 58.2. The first-order valence-corrected chi connectivity index (χ1v) is 31.9. The molecule has 1 fully saturated rings. The number of unbranched alkanes of at least 4 members (excludes halogenated alkanes) is 6. The molecule has 2 rings (SSSR count). The van der Waals surface area contributed by atoms with Crippen LogP contribution in [0.2, 0.25) is 54.4 Å². The maximum atomic E-state index is 13.9. The lowest BCUT2D eigenvalue weighted by atomic mass is 9.96. The van der Waals surface area contributed by atoms with Crippen LogP contribution in [0.15, 0.2) is 29.2 Å². The fraction of sp³-hybridized carbons (Fsp3) is 0.864. The number of rotatable bonds is 24. The highest BCUT2D eigenvalue weighted by atomic mass is 32.2. The Bertz CT molecular complexity index is 1400. The topological polar surface area (TPSA) is 86.4 Å². The summed E-state index contributed by atoms with van der Waals surface area (Å²) in [6, 6.07) is 6.45. The van der Waals surface area contributed by atoms with Crippen LogP contribution in [-0.2, 0) is 28.0 Å². The molecule has 6 atom stereocenters. The molecule has 0 aliphatic carbocycles. The third kappa shape index (κ3) is 15.6. The largest absolute Gasteiger partial charge is 0.415 e. The Morgan fingerprint density at radius 2 is 1.20 bits per heavy atom. The predicted octanol–water partition coefficient (Wildman–Crippen LogP) is 12.8. The number of aryl methyl sites for hydroxylation is 1. The third-order valence-electron chi connectivity index (χ3n) is 13.7. The first kappa shape index (κ1) is 50.8. The van der Waals surface area contributed by atoms with Gasteiger partial charge in [-0.25, -0.2) is 13.1 Å². The van der Waals surface area contributed by atoms with E-state index in [0.29, 0.717) is 12.0 Å². The first-order valence-electron chi connectivity index (χ1n) is 21.7. The number of sulfonamides is 1. The van der Waals surface area contributed by atoms with Crippen LogP contribution >= 0.6 is 0 Å². The second-order valence-corrected chi connectivity index (χ2v) is 37.5. The van der Waals surface area contributed by atoms with E-state index < -0.39 is 47.1 Å². The summed E-state index contributed by atoms with van der Waals surface area (Å²) in [6.07, 6.45) is 11.7. The quantitative estimate of drug-likeness (QED) is 0.0634. The lowest BCUT2D eigenvalue weighted by molar-refractivity contribution is 0.0857. The van der Waals surface area contributed by atoms with Gasteiger partial charge in [-0.05, 0) is 92.2 Å².